The summed E-state index contributed by atoms with van der Waals surface area (Å²) in [5, 5.41) is 0. The minimum atomic E-state index is -5.29. The molecule has 0 aliphatic rings. The zero-order chi connectivity index (χ0) is 11.6. The summed E-state index contributed by atoms with van der Waals surface area (Å²) in [5.41, 5.74) is 0.0232. The van der Waals surface area contributed by atoms with Crippen molar-refractivity contribution in [3.05, 3.63) is 29.6 Å². The maximum Gasteiger partial charge on any atom is 0.488 e. The average Bonchev–Trinajstić information content (AvgIpc) is 2.06. The molecule has 0 radical (unpaired) electrons. The fourth-order valence-corrected chi connectivity index (χ4v) is 1.24. The van der Waals surface area contributed by atoms with E-state index in [1.807, 2.05) is 0 Å². The van der Waals surface area contributed by atoms with Crippen LogP contribution in [0.15, 0.2) is 18.2 Å². The normalized spacial score (nSPS) is 11.1. The molecule has 1 aromatic rings. The van der Waals surface area contributed by atoms with Gasteiger partial charge in [0.25, 0.3) is 0 Å². The van der Waals surface area contributed by atoms with E-state index in [-0.39, 0.29) is 5.56 Å². The van der Waals surface area contributed by atoms with Crippen molar-refractivity contribution in [2.24, 2.45) is 0 Å². The van der Waals surface area contributed by atoms with E-state index >= 15 is 0 Å². The van der Waals surface area contributed by atoms with Crippen molar-refractivity contribution in [3.63, 3.8) is 0 Å². The molecule has 7 heteroatoms. The highest BCUT2D eigenvalue weighted by Gasteiger charge is 2.15. The Balaban J connectivity index is 3.17. The Morgan fingerprint density at radius 2 is 2.00 bits per heavy atom. The summed E-state index contributed by atoms with van der Waals surface area (Å²) in [7, 11) is -5.29. The van der Waals surface area contributed by atoms with Crippen LogP contribution >= 0.6 is 0 Å². The number of carbonyl (C=O) groups is 1. The number of carbonyl (C=O) groups excluding carboxylic acids is 1. The molecule has 0 aliphatic heterocycles. The predicted octanol–water partition coefficient (Wildman–Crippen LogP) is 1.62. The van der Waals surface area contributed by atoms with Crippen molar-refractivity contribution in [3.8, 4) is 5.75 Å². The largest absolute Gasteiger partial charge is 0.488 e. The van der Waals surface area contributed by atoms with Crippen molar-refractivity contribution < 1.29 is 25.7 Å². The van der Waals surface area contributed by atoms with Crippen LogP contribution < -0.4 is 4.18 Å². The van der Waals surface area contributed by atoms with E-state index in [1.165, 1.54) is 6.92 Å². The van der Waals surface area contributed by atoms with Gasteiger partial charge in [-0.1, -0.05) is 3.89 Å². The molecular weight excluding hydrogens is 230 g/mol. The number of hydrogen-bond acceptors (Lipinski definition) is 4. The number of hydrogen-bond donors (Lipinski definition) is 0. The Morgan fingerprint density at radius 3 is 2.47 bits per heavy atom. The Morgan fingerprint density at radius 1 is 1.40 bits per heavy atom. The van der Waals surface area contributed by atoms with E-state index in [2.05, 4.69) is 4.18 Å². The van der Waals surface area contributed by atoms with Gasteiger partial charge in [0.05, 0.1) is 0 Å². The molecule has 0 fully saturated rings. The molecule has 1 aromatic carbocycles. The zero-order valence-corrected chi connectivity index (χ0v) is 8.35. The molecule has 0 heterocycles. The van der Waals surface area contributed by atoms with Crippen LogP contribution in [0.1, 0.15) is 17.3 Å². The summed E-state index contributed by atoms with van der Waals surface area (Å²) >= 11 is 0. The van der Waals surface area contributed by atoms with Crippen LogP contribution in [0.4, 0.5) is 8.28 Å². The van der Waals surface area contributed by atoms with Crippen LogP contribution in [-0.4, -0.2) is 14.2 Å². The summed E-state index contributed by atoms with van der Waals surface area (Å²) in [6.07, 6.45) is 0. The van der Waals surface area contributed by atoms with E-state index in [9.17, 15) is 21.5 Å². The highest BCUT2D eigenvalue weighted by Crippen LogP contribution is 2.21. The molecule has 82 valence electrons. The number of rotatable bonds is 3. The van der Waals surface area contributed by atoms with E-state index in [0.717, 1.165) is 18.2 Å². The van der Waals surface area contributed by atoms with Crippen LogP contribution in [-0.2, 0) is 10.5 Å². The summed E-state index contributed by atoms with van der Waals surface area (Å²) in [5.74, 6) is -2.33. The second-order valence-electron chi connectivity index (χ2n) is 2.68. The van der Waals surface area contributed by atoms with Crippen molar-refractivity contribution in [1.29, 1.82) is 0 Å². The summed E-state index contributed by atoms with van der Waals surface area (Å²) in [6.45, 7) is 1.20. The molecule has 1 rings (SSSR count). The molecule has 0 amide bonds. The van der Waals surface area contributed by atoms with Crippen LogP contribution in [0.3, 0.4) is 0 Å². The van der Waals surface area contributed by atoms with E-state index in [0.29, 0.717) is 0 Å². The maximum absolute atomic E-state index is 12.9. The number of ketones is 1. The lowest BCUT2D eigenvalue weighted by molar-refractivity contribution is 0.101. The van der Waals surface area contributed by atoms with Crippen molar-refractivity contribution in [2.75, 3.05) is 0 Å². The van der Waals surface area contributed by atoms with Crippen LogP contribution in [0.5, 0.6) is 5.75 Å². The van der Waals surface area contributed by atoms with Crippen LogP contribution in [0.2, 0.25) is 0 Å². The molecule has 0 aliphatic carbocycles. The number of Topliss-reactive ketones (excluding diaryl/α,β-unsaturated/α-hetero) is 1. The Labute approximate surface area is 84.9 Å². The Bertz CT molecular complexity index is 495. The first-order valence-corrected chi connectivity index (χ1v) is 5.05. The second kappa shape index (κ2) is 3.93. The molecule has 0 saturated carbocycles. The van der Waals surface area contributed by atoms with Gasteiger partial charge in [-0.2, -0.15) is 8.42 Å². The van der Waals surface area contributed by atoms with Gasteiger partial charge in [0, 0.05) is 5.56 Å². The predicted molar refractivity (Wildman–Crippen MR) is 47.1 cm³/mol. The molecular formula is C8H6F2O4S. The van der Waals surface area contributed by atoms with Gasteiger partial charge in [-0.15, -0.1) is 0 Å². The molecule has 0 N–H and O–H groups in total. The quantitative estimate of drug-likeness (QED) is 0.591. The van der Waals surface area contributed by atoms with Gasteiger partial charge >= 0.3 is 10.5 Å². The molecule has 0 spiro atoms. The van der Waals surface area contributed by atoms with Gasteiger partial charge in [0.15, 0.2) is 17.3 Å². The topological polar surface area (TPSA) is 60.4 Å². The third kappa shape index (κ3) is 3.28. The summed E-state index contributed by atoms with van der Waals surface area (Å²) in [6, 6.07) is 2.77. The fraction of sp³-hybridized carbons (Fsp3) is 0.125. The minimum absolute atomic E-state index is 0.0232. The Hall–Kier alpha value is -1.50. The lowest BCUT2D eigenvalue weighted by Crippen LogP contribution is -2.04. The second-order valence-corrected chi connectivity index (χ2v) is 3.63. The molecule has 0 bridgehead atoms. The molecule has 0 unspecified atom stereocenters. The smallest absolute Gasteiger partial charge is 0.355 e. The molecule has 0 atom stereocenters. The number of halogens is 2. The number of benzene rings is 1. The molecule has 0 aromatic heterocycles. The lowest BCUT2D eigenvalue weighted by Gasteiger charge is -2.02. The molecule has 4 nitrogen and oxygen atoms in total. The zero-order valence-electron chi connectivity index (χ0n) is 7.53. The van der Waals surface area contributed by atoms with Crippen LogP contribution in [0.25, 0.3) is 0 Å². The van der Waals surface area contributed by atoms with Gasteiger partial charge in [-0.25, -0.2) is 4.39 Å². The van der Waals surface area contributed by atoms with Crippen molar-refractivity contribution >= 4 is 16.3 Å². The first kappa shape index (κ1) is 11.6. The highest BCUT2D eigenvalue weighted by molar-refractivity contribution is 7.81. The maximum atomic E-state index is 12.9. The lowest BCUT2D eigenvalue weighted by atomic mass is 10.1. The highest BCUT2D eigenvalue weighted by atomic mass is 32.3. The van der Waals surface area contributed by atoms with Crippen molar-refractivity contribution in [1.82, 2.24) is 0 Å². The van der Waals surface area contributed by atoms with Gasteiger partial charge in [0.2, 0.25) is 0 Å². The van der Waals surface area contributed by atoms with Gasteiger partial charge in [0.1, 0.15) is 0 Å². The van der Waals surface area contributed by atoms with E-state index in [1.54, 1.807) is 0 Å². The standard InChI is InChI=1S/C8H6F2O4S/c1-5(11)6-2-3-7(9)8(4-6)14-15(10,12)13/h2-4H,1H3. The third-order valence-corrected chi connectivity index (χ3v) is 1.91. The van der Waals surface area contributed by atoms with E-state index in [4.69, 9.17) is 0 Å². The Kier molecular flexibility index (Phi) is 3.04. The fourth-order valence-electron chi connectivity index (χ4n) is 0.893. The summed E-state index contributed by atoms with van der Waals surface area (Å²) in [4.78, 5) is 10.9. The van der Waals surface area contributed by atoms with Crippen molar-refractivity contribution in [2.45, 2.75) is 6.92 Å². The minimum Gasteiger partial charge on any atom is -0.355 e. The SMILES string of the molecule is CC(=O)c1ccc(F)c(OS(=O)(=O)F)c1. The first-order valence-electron chi connectivity index (χ1n) is 3.74. The summed E-state index contributed by atoms with van der Waals surface area (Å²) < 4.78 is 48.9. The molecule has 15 heavy (non-hydrogen) atoms. The van der Waals surface area contributed by atoms with Gasteiger partial charge < -0.3 is 4.18 Å². The van der Waals surface area contributed by atoms with E-state index < -0.39 is 27.9 Å². The first-order chi connectivity index (χ1) is 6.79. The van der Waals surface area contributed by atoms with Gasteiger partial charge in [-0.3, -0.25) is 4.79 Å². The third-order valence-electron chi connectivity index (χ3n) is 1.53. The molecule has 0 saturated heterocycles. The van der Waals surface area contributed by atoms with Gasteiger partial charge in [-0.05, 0) is 25.1 Å². The monoisotopic (exact) mass is 236 g/mol. The average molecular weight is 236 g/mol. The van der Waals surface area contributed by atoms with Crippen LogP contribution in [0, 0.1) is 5.82 Å².